The lowest BCUT2D eigenvalue weighted by Crippen LogP contribution is -2.50. The van der Waals surface area contributed by atoms with Crippen molar-refractivity contribution in [3.8, 4) is 5.75 Å². The van der Waals surface area contributed by atoms with Gasteiger partial charge in [-0.3, -0.25) is 14.9 Å². The normalized spacial score (nSPS) is 14.1. The minimum absolute atomic E-state index is 0.0158. The van der Waals surface area contributed by atoms with E-state index < -0.39 is 4.92 Å². The highest BCUT2D eigenvalue weighted by Crippen LogP contribution is 2.31. The van der Waals surface area contributed by atoms with Gasteiger partial charge in [-0.1, -0.05) is 36.7 Å². The van der Waals surface area contributed by atoms with E-state index in [9.17, 15) is 14.9 Å². The van der Waals surface area contributed by atoms with Gasteiger partial charge in [-0.25, -0.2) is 0 Å². The summed E-state index contributed by atoms with van der Waals surface area (Å²) in [6.07, 6.45) is 0.836. The highest BCUT2D eigenvalue weighted by Gasteiger charge is 2.26. The summed E-state index contributed by atoms with van der Waals surface area (Å²) in [6.45, 7) is 4.02. The third kappa shape index (κ3) is 4.54. The van der Waals surface area contributed by atoms with Crippen LogP contribution >= 0.6 is 11.6 Å². The van der Waals surface area contributed by atoms with Gasteiger partial charge in [-0.05, 0) is 30.2 Å². The van der Waals surface area contributed by atoms with Gasteiger partial charge in [0.25, 0.3) is 11.6 Å². The molecule has 0 atom stereocenters. The molecule has 0 unspecified atom stereocenters. The van der Waals surface area contributed by atoms with Crippen molar-refractivity contribution in [1.29, 1.82) is 0 Å². The smallest absolute Gasteiger partial charge is 0.294 e. The van der Waals surface area contributed by atoms with Crippen molar-refractivity contribution in [2.45, 2.75) is 13.3 Å². The number of ether oxygens (including phenoxy) is 1. The zero-order valence-corrected chi connectivity index (χ0v) is 16.4. The summed E-state index contributed by atoms with van der Waals surface area (Å²) in [7, 11) is 0. The number of aryl methyl sites for hydroxylation is 1. The molecule has 0 spiro atoms. The van der Waals surface area contributed by atoms with Crippen molar-refractivity contribution in [2.24, 2.45) is 0 Å². The number of nitrogens with zero attached hydrogens (tertiary/aromatic N) is 3. The van der Waals surface area contributed by atoms with E-state index in [1.165, 1.54) is 6.07 Å². The fourth-order valence-corrected chi connectivity index (χ4v) is 3.44. The lowest BCUT2D eigenvalue weighted by Gasteiger charge is -2.35. The van der Waals surface area contributed by atoms with Gasteiger partial charge in [0.2, 0.25) is 0 Å². The molecule has 0 saturated carbocycles. The quantitative estimate of drug-likeness (QED) is 0.544. The van der Waals surface area contributed by atoms with Crippen molar-refractivity contribution >= 4 is 28.9 Å². The Balaban J connectivity index is 1.58. The molecule has 1 fully saturated rings. The molecule has 0 aliphatic carbocycles. The Kier molecular flexibility index (Phi) is 6.36. The Labute approximate surface area is 168 Å². The van der Waals surface area contributed by atoms with Gasteiger partial charge in [0.15, 0.2) is 6.61 Å². The first-order valence-electron chi connectivity index (χ1n) is 9.17. The predicted molar refractivity (Wildman–Crippen MR) is 108 cm³/mol. The highest BCUT2D eigenvalue weighted by molar-refractivity contribution is 6.30. The van der Waals surface area contributed by atoms with Crippen molar-refractivity contribution in [2.75, 3.05) is 37.7 Å². The summed E-state index contributed by atoms with van der Waals surface area (Å²) in [6, 6.07) is 12.3. The van der Waals surface area contributed by atoms with Crippen LogP contribution in [-0.4, -0.2) is 48.5 Å². The molecule has 0 radical (unpaired) electrons. The Morgan fingerprint density at radius 1 is 1.18 bits per heavy atom. The molecule has 1 saturated heterocycles. The molecule has 28 heavy (non-hydrogen) atoms. The second-order valence-electron chi connectivity index (χ2n) is 6.51. The molecule has 1 aliphatic rings. The largest absolute Gasteiger partial charge is 0.483 e. The number of para-hydroxylation sites is 1. The molecule has 148 valence electrons. The minimum Gasteiger partial charge on any atom is -0.483 e. The second-order valence-corrected chi connectivity index (χ2v) is 6.94. The molecular weight excluding hydrogens is 382 g/mol. The summed E-state index contributed by atoms with van der Waals surface area (Å²) >= 11 is 5.88. The van der Waals surface area contributed by atoms with E-state index in [4.69, 9.17) is 16.3 Å². The highest BCUT2D eigenvalue weighted by atomic mass is 35.5. The van der Waals surface area contributed by atoms with Crippen molar-refractivity contribution < 1.29 is 14.5 Å². The van der Waals surface area contributed by atoms with E-state index in [0.717, 1.165) is 17.7 Å². The summed E-state index contributed by atoms with van der Waals surface area (Å²) in [5.74, 6) is 0.643. The number of carbonyl (C=O) groups is 1. The number of nitro benzene ring substituents is 1. The summed E-state index contributed by atoms with van der Waals surface area (Å²) in [5.41, 5.74) is 1.57. The zero-order chi connectivity index (χ0) is 20.1. The van der Waals surface area contributed by atoms with Crippen LogP contribution in [0, 0.1) is 10.1 Å². The van der Waals surface area contributed by atoms with Crippen LogP contribution in [-0.2, 0) is 11.2 Å². The molecule has 1 amide bonds. The minimum atomic E-state index is -0.433. The average Bonchev–Trinajstić information content (AvgIpc) is 2.72. The molecule has 3 rings (SSSR count). The van der Waals surface area contributed by atoms with Gasteiger partial charge in [0.05, 0.1) is 4.92 Å². The SMILES string of the molecule is CCc1ccccc1OCC(=O)N1CCN(c2ccc(Cl)cc2[N+](=O)[O-])CC1. The number of carbonyl (C=O) groups excluding carboxylic acids is 1. The van der Waals surface area contributed by atoms with E-state index >= 15 is 0 Å². The van der Waals surface area contributed by atoms with Gasteiger partial charge in [0.1, 0.15) is 11.4 Å². The topological polar surface area (TPSA) is 75.9 Å². The second kappa shape index (κ2) is 8.93. The van der Waals surface area contributed by atoms with Crippen LogP contribution in [0.25, 0.3) is 0 Å². The molecule has 1 heterocycles. The standard InChI is InChI=1S/C20H22ClN3O4/c1-2-15-5-3-4-6-19(15)28-14-20(25)23-11-9-22(10-12-23)17-8-7-16(21)13-18(17)24(26)27/h3-8,13H,2,9-12,14H2,1H3. The van der Waals surface area contributed by atoms with Crippen molar-refractivity contribution in [3.63, 3.8) is 0 Å². The Morgan fingerprint density at radius 3 is 2.57 bits per heavy atom. The number of nitro groups is 1. The van der Waals surface area contributed by atoms with Crippen LogP contribution in [0.5, 0.6) is 5.75 Å². The van der Waals surface area contributed by atoms with Gasteiger partial charge >= 0.3 is 0 Å². The molecule has 8 heteroatoms. The van der Waals surface area contributed by atoms with Crippen LogP contribution < -0.4 is 9.64 Å². The van der Waals surface area contributed by atoms with E-state index in [0.29, 0.717) is 36.9 Å². The van der Waals surface area contributed by atoms with E-state index in [1.54, 1.807) is 17.0 Å². The third-order valence-corrected chi connectivity index (χ3v) is 5.05. The van der Waals surface area contributed by atoms with Gasteiger partial charge < -0.3 is 14.5 Å². The Bertz CT molecular complexity index is 866. The molecule has 7 nitrogen and oxygen atoms in total. The molecule has 2 aromatic rings. The molecule has 0 bridgehead atoms. The van der Waals surface area contributed by atoms with Gasteiger partial charge in [-0.15, -0.1) is 0 Å². The first-order valence-corrected chi connectivity index (χ1v) is 9.54. The molecule has 2 aromatic carbocycles. The van der Waals surface area contributed by atoms with Crippen LogP contribution in [0.15, 0.2) is 42.5 Å². The summed E-state index contributed by atoms with van der Waals surface area (Å²) < 4.78 is 5.71. The first-order chi connectivity index (χ1) is 13.5. The number of rotatable bonds is 6. The fraction of sp³-hybridized carbons (Fsp3) is 0.350. The Morgan fingerprint density at radius 2 is 1.89 bits per heavy atom. The number of anilines is 1. The number of benzene rings is 2. The maximum absolute atomic E-state index is 12.5. The fourth-order valence-electron chi connectivity index (χ4n) is 3.27. The number of piperazine rings is 1. The summed E-state index contributed by atoms with van der Waals surface area (Å²) in [5, 5.41) is 11.6. The Hall–Kier alpha value is -2.80. The predicted octanol–water partition coefficient (Wildman–Crippen LogP) is 3.54. The molecule has 0 N–H and O–H groups in total. The van der Waals surface area contributed by atoms with Crippen molar-refractivity contribution in [3.05, 3.63) is 63.2 Å². The van der Waals surface area contributed by atoms with Crippen LogP contribution in [0.2, 0.25) is 5.02 Å². The van der Waals surface area contributed by atoms with Crippen LogP contribution in [0.4, 0.5) is 11.4 Å². The number of amides is 1. The van der Waals surface area contributed by atoms with Crippen molar-refractivity contribution in [1.82, 2.24) is 4.90 Å². The van der Waals surface area contributed by atoms with Crippen LogP contribution in [0.3, 0.4) is 0 Å². The van der Waals surface area contributed by atoms with E-state index in [-0.39, 0.29) is 18.2 Å². The molecule has 1 aliphatic heterocycles. The van der Waals surface area contributed by atoms with Gasteiger partial charge in [0, 0.05) is 37.3 Å². The number of hydrogen-bond acceptors (Lipinski definition) is 5. The van der Waals surface area contributed by atoms with E-state index in [1.807, 2.05) is 36.1 Å². The van der Waals surface area contributed by atoms with E-state index in [2.05, 4.69) is 0 Å². The lowest BCUT2D eigenvalue weighted by atomic mass is 10.1. The van der Waals surface area contributed by atoms with Crippen LogP contribution in [0.1, 0.15) is 12.5 Å². The molecule has 0 aromatic heterocycles. The zero-order valence-electron chi connectivity index (χ0n) is 15.6. The first kappa shape index (κ1) is 19.9. The third-order valence-electron chi connectivity index (χ3n) is 4.81. The number of halogens is 1. The average molecular weight is 404 g/mol. The number of hydrogen-bond donors (Lipinski definition) is 0. The molecular formula is C20H22ClN3O4. The maximum atomic E-state index is 12.5. The lowest BCUT2D eigenvalue weighted by molar-refractivity contribution is -0.384. The maximum Gasteiger partial charge on any atom is 0.294 e. The monoisotopic (exact) mass is 403 g/mol. The summed E-state index contributed by atoms with van der Waals surface area (Å²) in [4.78, 5) is 27.0. The van der Waals surface area contributed by atoms with Gasteiger partial charge in [-0.2, -0.15) is 0 Å².